The average molecular weight is 474 g/mol. The zero-order valence-corrected chi connectivity index (χ0v) is 19.0. The largest absolute Gasteiger partial charge is 0.329 e. The van der Waals surface area contributed by atoms with Crippen molar-refractivity contribution in [3.8, 4) is 0 Å². The van der Waals surface area contributed by atoms with E-state index in [-0.39, 0.29) is 28.8 Å². The van der Waals surface area contributed by atoms with Gasteiger partial charge in [-0.1, -0.05) is 54.0 Å². The predicted octanol–water partition coefficient (Wildman–Crippen LogP) is 4.12. The van der Waals surface area contributed by atoms with Crippen LogP contribution in [-0.2, 0) is 16.4 Å². The fourth-order valence-corrected chi connectivity index (χ4v) is 5.77. The summed E-state index contributed by atoms with van der Waals surface area (Å²) in [7, 11) is -3.17. The Morgan fingerprint density at radius 2 is 2.00 bits per heavy atom. The van der Waals surface area contributed by atoms with Gasteiger partial charge in [0, 0.05) is 23.4 Å². The average Bonchev–Trinajstić information content (AvgIpc) is 3.06. The summed E-state index contributed by atoms with van der Waals surface area (Å²) in [6.07, 6.45) is 2.76. The minimum atomic E-state index is -3.17. The number of sulfone groups is 1. The molecule has 0 spiro atoms. The van der Waals surface area contributed by atoms with E-state index in [2.05, 4.69) is 9.97 Å². The molecule has 0 bridgehead atoms. The number of carbonyl (C=O) groups excluding carboxylic acids is 1. The molecular formula is C19H21Cl2N3O3S2. The van der Waals surface area contributed by atoms with Crippen molar-refractivity contribution in [2.24, 2.45) is 0 Å². The zero-order chi connectivity index (χ0) is 21.0. The summed E-state index contributed by atoms with van der Waals surface area (Å²) in [5.74, 6) is 0.432. The summed E-state index contributed by atoms with van der Waals surface area (Å²) < 4.78 is 24.1. The molecule has 10 heteroatoms. The van der Waals surface area contributed by atoms with Gasteiger partial charge in [0.2, 0.25) is 0 Å². The lowest BCUT2D eigenvalue weighted by Crippen LogP contribution is -2.41. The maximum atomic E-state index is 13.4. The van der Waals surface area contributed by atoms with Crippen molar-refractivity contribution in [2.75, 3.05) is 17.3 Å². The summed E-state index contributed by atoms with van der Waals surface area (Å²) in [4.78, 5) is 23.5. The van der Waals surface area contributed by atoms with Gasteiger partial charge in [0.15, 0.2) is 20.7 Å². The van der Waals surface area contributed by atoms with Crippen LogP contribution in [0.4, 0.5) is 0 Å². The molecule has 0 aliphatic carbocycles. The van der Waals surface area contributed by atoms with Gasteiger partial charge in [0.05, 0.1) is 22.7 Å². The minimum absolute atomic E-state index is 0.0630. The molecule has 0 unspecified atom stereocenters. The third-order valence-corrected chi connectivity index (χ3v) is 7.88. The molecule has 1 amide bonds. The third-order valence-electron chi connectivity index (χ3n) is 4.54. The molecule has 0 radical (unpaired) electrons. The van der Waals surface area contributed by atoms with Crippen molar-refractivity contribution in [2.45, 2.75) is 37.5 Å². The Labute approximate surface area is 184 Å². The minimum Gasteiger partial charge on any atom is -0.329 e. The molecule has 1 aromatic heterocycles. The Kier molecular flexibility index (Phi) is 7.42. The van der Waals surface area contributed by atoms with Crippen molar-refractivity contribution in [1.29, 1.82) is 0 Å². The number of nitrogens with zero attached hydrogens (tertiary/aromatic N) is 3. The van der Waals surface area contributed by atoms with Gasteiger partial charge >= 0.3 is 0 Å². The Morgan fingerprint density at radius 1 is 1.28 bits per heavy atom. The Balaban J connectivity index is 1.92. The van der Waals surface area contributed by atoms with E-state index in [1.54, 1.807) is 17.0 Å². The number of hydrogen-bond donors (Lipinski definition) is 0. The van der Waals surface area contributed by atoms with Crippen molar-refractivity contribution in [3.05, 3.63) is 51.8 Å². The van der Waals surface area contributed by atoms with Crippen LogP contribution < -0.4 is 0 Å². The second-order valence-electron chi connectivity index (χ2n) is 6.81. The zero-order valence-electron chi connectivity index (χ0n) is 15.8. The molecule has 1 aromatic carbocycles. The van der Waals surface area contributed by atoms with Crippen LogP contribution >= 0.6 is 35.0 Å². The third kappa shape index (κ3) is 5.84. The first-order valence-electron chi connectivity index (χ1n) is 9.20. The molecule has 156 valence electrons. The van der Waals surface area contributed by atoms with Crippen LogP contribution in [0.3, 0.4) is 0 Å². The molecule has 29 heavy (non-hydrogen) atoms. The monoisotopic (exact) mass is 473 g/mol. The number of hydrogen-bond acceptors (Lipinski definition) is 6. The summed E-state index contributed by atoms with van der Waals surface area (Å²) in [6, 6.07) is 6.68. The van der Waals surface area contributed by atoms with Crippen LogP contribution in [0.15, 0.2) is 35.6 Å². The highest BCUT2D eigenvalue weighted by atomic mass is 35.5. The summed E-state index contributed by atoms with van der Waals surface area (Å²) >= 11 is 13.6. The second kappa shape index (κ2) is 9.64. The van der Waals surface area contributed by atoms with Gasteiger partial charge in [-0.15, -0.1) is 0 Å². The first-order chi connectivity index (χ1) is 13.8. The van der Waals surface area contributed by atoms with E-state index in [1.165, 1.54) is 18.0 Å². The van der Waals surface area contributed by atoms with Gasteiger partial charge in [-0.25, -0.2) is 18.4 Å². The van der Waals surface area contributed by atoms with Crippen molar-refractivity contribution in [1.82, 2.24) is 14.9 Å². The molecule has 1 saturated heterocycles. The van der Waals surface area contributed by atoms with Crippen LogP contribution in [0.2, 0.25) is 10.0 Å². The summed E-state index contributed by atoms with van der Waals surface area (Å²) in [5, 5.41) is 1.22. The molecule has 0 N–H and O–H groups in total. The van der Waals surface area contributed by atoms with Gasteiger partial charge < -0.3 is 4.90 Å². The molecule has 3 rings (SSSR count). The standard InChI is InChI=1S/C19H21Cl2N3O3S2/c1-2-8-28-19-22-10-16(21)17(23-19)18(25)24(15-7-9-29(26,27)12-15)11-13-3-5-14(20)6-4-13/h3-6,10,15H,2,7-9,11-12H2,1H3/t15-/m0/s1. The van der Waals surface area contributed by atoms with Crippen LogP contribution in [0, 0.1) is 0 Å². The van der Waals surface area contributed by atoms with E-state index in [0.717, 1.165) is 17.7 Å². The van der Waals surface area contributed by atoms with Gasteiger partial charge in [0.1, 0.15) is 0 Å². The van der Waals surface area contributed by atoms with Crippen LogP contribution in [0.5, 0.6) is 0 Å². The highest BCUT2D eigenvalue weighted by Gasteiger charge is 2.36. The van der Waals surface area contributed by atoms with E-state index >= 15 is 0 Å². The maximum Gasteiger partial charge on any atom is 0.274 e. The molecule has 1 aliphatic rings. The van der Waals surface area contributed by atoms with Crippen LogP contribution in [-0.4, -0.2) is 52.5 Å². The van der Waals surface area contributed by atoms with Gasteiger partial charge in [-0.05, 0) is 30.5 Å². The number of carbonyl (C=O) groups is 1. The highest BCUT2D eigenvalue weighted by molar-refractivity contribution is 7.99. The van der Waals surface area contributed by atoms with E-state index in [4.69, 9.17) is 23.2 Å². The van der Waals surface area contributed by atoms with E-state index in [9.17, 15) is 13.2 Å². The van der Waals surface area contributed by atoms with Crippen LogP contribution in [0.25, 0.3) is 0 Å². The number of rotatable bonds is 7. The van der Waals surface area contributed by atoms with E-state index in [1.807, 2.05) is 19.1 Å². The Bertz CT molecular complexity index is 985. The van der Waals surface area contributed by atoms with Gasteiger partial charge in [0.25, 0.3) is 5.91 Å². The molecule has 1 aliphatic heterocycles. The topological polar surface area (TPSA) is 80.2 Å². The lowest BCUT2D eigenvalue weighted by atomic mass is 10.1. The number of aromatic nitrogens is 2. The first kappa shape index (κ1) is 22.3. The van der Waals surface area contributed by atoms with Crippen molar-refractivity contribution >= 4 is 50.7 Å². The molecule has 0 saturated carbocycles. The van der Waals surface area contributed by atoms with Gasteiger partial charge in [-0.2, -0.15) is 0 Å². The smallest absolute Gasteiger partial charge is 0.274 e. The Hall–Kier alpha value is -1.35. The molecule has 1 fully saturated rings. The molecule has 6 nitrogen and oxygen atoms in total. The van der Waals surface area contributed by atoms with E-state index < -0.39 is 21.8 Å². The number of amides is 1. The fraction of sp³-hybridized carbons (Fsp3) is 0.421. The lowest BCUT2D eigenvalue weighted by Gasteiger charge is -2.28. The molecule has 2 aromatic rings. The maximum absolute atomic E-state index is 13.4. The first-order valence-corrected chi connectivity index (χ1v) is 12.8. The molecule has 1 atom stereocenters. The SMILES string of the molecule is CCCSc1ncc(Cl)c(C(=O)N(Cc2ccc(Cl)cc2)[C@H]2CCS(=O)(=O)C2)n1. The van der Waals surface area contributed by atoms with Crippen LogP contribution in [0.1, 0.15) is 35.8 Å². The Morgan fingerprint density at radius 3 is 2.62 bits per heavy atom. The quantitative estimate of drug-likeness (QED) is 0.444. The van der Waals surface area contributed by atoms with E-state index in [0.29, 0.717) is 16.6 Å². The molecule has 2 heterocycles. The molecular weight excluding hydrogens is 453 g/mol. The highest BCUT2D eigenvalue weighted by Crippen LogP contribution is 2.26. The predicted molar refractivity (Wildman–Crippen MR) is 116 cm³/mol. The number of halogens is 2. The van der Waals surface area contributed by atoms with Crippen molar-refractivity contribution < 1.29 is 13.2 Å². The fourth-order valence-electron chi connectivity index (χ4n) is 3.07. The second-order valence-corrected chi connectivity index (χ2v) is 10.9. The number of thioether (sulfide) groups is 1. The normalized spacial score (nSPS) is 18.0. The summed E-state index contributed by atoms with van der Waals surface area (Å²) in [6.45, 7) is 2.29. The summed E-state index contributed by atoms with van der Waals surface area (Å²) in [5.41, 5.74) is 0.941. The lowest BCUT2D eigenvalue weighted by molar-refractivity contribution is 0.0674. The number of benzene rings is 1. The van der Waals surface area contributed by atoms with Gasteiger partial charge in [-0.3, -0.25) is 4.79 Å². The van der Waals surface area contributed by atoms with Crippen molar-refractivity contribution in [3.63, 3.8) is 0 Å².